The molecule has 2 heterocycles. The fourth-order valence-electron chi connectivity index (χ4n) is 7.54. The zero-order valence-electron chi connectivity index (χ0n) is 23.2. The number of hydrogen-bond acceptors (Lipinski definition) is 7. The Balaban J connectivity index is 1.40. The molecule has 0 spiro atoms. The molecule has 3 fully saturated rings. The van der Waals surface area contributed by atoms with Crippen LogP contribution < -0.4 is 0 Å². The minimum Gasteiger partial charge on any atom is -0.462 e. The molecular weight excluding hydrogens is 498 g/mol. The summed E-state index contributed by atoms with van der Waals surface area (Å²) in [6.45, 7) is 5.84. The second kappa shape index (κ2) is 11.9. The zero-order chi connectivity index (χ0) is 27.7. The normalized spacial score (nSPS) is 42.7. The van der Waals surface area contributed by atoms with Crippen molar-refractivity contribution in [2.24, 2.45) is 40.6 Å². The van der Waals surface area contributed by atoms with Crippen LogP contribution in [0.5, 0.6) is 0 Å². The van der Waals surface area contributed by atoms with Crippen LogP contribution in [0.15, 0.2) is 28.9 Å². The van der Waals surface area contributed by atoms with Crippen molar-refractivity contribution in [3.8, 4) is 0 Å². The van der Waals surface area contributed by atoms with Gasteiger partial charge in [0.05, 0.1) is 24.7 Å². The van der Waals surface area contributed by atoms with E-state index in [1.165, 1.54) is 0 Å². The molecule has 3 aliphatic carbocycles. The van der Waals surface area contributed by atoms with E-state index in [1.807, 2.05) is 20.8 Å². The van der Waals surface area contributed by atoms with Gasteiger partial charge >= 0.3 is 5.97 Å². The van der Waals surface area contributed by atoms with Crippen LogP contribution in [0.25, 0.3) is 10.4 Å². The molecule has 1 unspecified atom stereocenters. The first-order valence-corrected chi connectivity index (χ1v) is 14.8. The van der Waals surface area contributed by atoms with Gasteiger partial charge in [-0.25, -0.2) is 0 Å². The highest BCUT2D eigenvalue weighted by atomic mass is 16.7. The van der Waals surface area contributed by atoms with E-state index in [2.05, 4.69) is 28.3 Å². The second-order valence-electron chi connectivity index (χ2n) is 12.1. The number of ketones is 2. The van der Waals surface area contributed by atoms with Crippen LogP contribution in [-0.4, -0.2) is 48.2 Å². The monoisotopic (exact) mass is 539 g/mol. The Morgan fingerprint density at radius 2 is 1.87 bits per heavy atom. The number of ether oxygens (including phenoxy) is 3. The van der Waals surface area contributed by atoms with Gasteiger partial charge in [0.25, 0.3) is 0 Å². The van der Waals surface area contributed by atoms with Crippen LogP contribution in [-0.2, 0) is 28.6 Å². The van der Waals surface area contributed by atoms with Crippen LogP contribution in [0, 0.1) is 35.5 Å². The van der Waals surface area contributed by atoms with Gasteiger partial charge in [-0.2, -0.15) is 0 Å². The lowest BCUT2D eigenvalue weighted by Gasteiger charge is -2.36. The third-order valence-corrected chi connectivity index (χ3v) is 9.78. The van der Waals surface area contributed by atoms with Gasteiger partial charge in [-0.15, -0.1) is 0 Å². The number of azide groups is 1. The molecule has 0 bridgehead atoms. The Kier molecular flexibility index (Phi) is 8.60. The molecule has 5 rings (SSSR count). The van der Waals surface area contributed by atoms with Gasteiger partial charge < -0.3 is 14.2 Å². The summed E-state index contributed by atoms with van der Waals surface area (Å²) in [6.07, 6.45) is 10.6. The minimum absolute atomic E-state index is 0.0184. The maximum Gasteiger partial charge on any atom is 0.306 e. The van der Waals surface area contributed by atoms with E-state index >= 15 is 0 Å². The third-order valence-electron chi connectivity index (χ3n) is 9.78. The molecule has 39 heavy (non-hydrogen) atoms. The van der Waals surface area contributed by atoms with Crippen molar-refractivity contribution < 1.29 is 28.6 Å². The van der Waals surface area contributed by atoms with Gasteiger partial charge in [-0.1, -0.05) is 37.2 Å². The maximum absolute atomic E-state index is 14.1. The van der Waals surface area contributed by atoms with Crippen molar-refractivity contribution in [2.75, 3.05) is 0 Å². The largest absolute Gasteiger partial charge is 0.462 e. The maximum atomic E-state index is 14.1. The van der Waals surface area contributed by atoms with E-state index < -0.39 is 12.2 Å². The second-order valence-corrected chi connectivity index (χ2v) is 12.1. The number of hydrogen-bond donors (Lipinski definition) is 0. The predicted molar refractivity (Wildman–Crippen MR) is 143 cm³/mol. The lowest BCUT2D eigenvalue weighted by atomic mass is 9.70. The Hall–Kier alpha value is -2.48. The number of allylic oxidation sites excluding steroid dienone is 4. The van der Waals surface area contributed by atoms with Crippen LogP contribution in [0.1, 0.15) is 78.6 Å². The molecule has 5 aliphatic rings. The van der Waals surface area contributed by atoms with E-state index in [9.17, 15) is 14.4 Å². The number of cyclic esters (lactones) is 1. The summed E-state index contributed by atoms with van der Waals surface area (Å²) in [6, 6.07) is -0.225. The first kappa shape index (κ1) is 28.1. The topological polar surface area (TPSA) is 128 Å². The molecular formula is C30H41N3O6. The number of rotatable bonds is 4. The van der Waals surface area contributed by atoms with Crippen molar-refractivity contribution in [3.63, 3.8) is 0 Å². The van der Waals surface area contributed by atoms with E-state index in [1.54, 1.807) is 0 Å². The van der Waals surface area contributed by atoms with E-state index in [4.69, 9.17) is 19.7 Å². The molecule has 0 N–H and O–H groups in total. The number of Topliss-reactive ketones (excluding diaryl/α,β-unsaturated/α-hetero) is 2. The van der Waals surface area contributed by atoms with Gasteiger partial charge in [0.15, 0.2) is 12.1 Å². The van der Waals surface area contributed by atoms with Gasteiger partial charge in [0.2, 0.25) is 0 Å². The summed E-state index contributed by atoms with van der Waals surface area (Å²) >= 11 is 0. The first-order chi connectivity index (χ1) is 18.8. The highest BCUT2D eigenvalue weighted by molar-refractivity contribution is 5.99. The average molecular weight is 540 g/mol. The lowest BCUT2D eigenvalue weighted by molar-refractivity contribution is -0.222. The fourth-order valence-corrected chi connectivity index (χ4v) is 7.54. The van der Waals surface area contributed by atoms with Gasteiger partial charge in [-0.05, 0) is 80.2 Å². The Morgan fingerprint density at radius 3 is 2.62 bits per heavy atom. The molecule has 0 radical (unpaired) electrons. The van der Waals surface area contributed by atoms with Crippen molar-refractivity contribution in [3.05, 3.63) is 34.2 Å². The smallest absolute Gasteiger partial charge is 0.306 e. The van der Waals surface area contributed by atoms with Crippen molar-refractivity contribution in [1.29, 1.82) is 0 Å². The fraction of sp³-hybridized carbons (Fsp3) is 0.767. The summed E-state index contributed by atoms with van der Waals surface area (Å²) in [5.74, 6) is -0.0839. The standard InChI is InChI=1S/C30H41N3O6/c1-4-20-6-5-7-27(39-29-11-10-26(32-33-31)17(3)37-29)16(2)30(36)25-14-23-21(24(25)15-28(35)38-20)9-8-18-12-19(34)13-22(18)23/h8-9,14,16-18,20-24,26-27,29H,4-7,10-13,15H2,1-3H3/t16-,17-,18-,20+,21-,22-,23-,24+,26+,27+,29?/m1/s1. The van der Waals surface area contributed by atoms with Gasteiger partial charge in [-0.3, -0.25) is 14.4 Å². The molecule has 0 amide bonds. The Bertz CT molecular complexity index is 1080. The molecule has 9 nitrogen and oxygen atoms in total. The van der Waals surface area contributed by atoms with Crippen LogP contribution in [0.3, 0.4) is 0 Å². The predicted octanol–water partition coefficient (Wildman–Crippen LogP) is 5.63. The molecule has 0 aromatic heterocycles. The van der Waals surface area contributed by atoms with Gasteiger partial charge in [0.1, 0.15) is 11.9 Å². The molecule has 1 saturated carbocycles. The molecule has 2 aliphatic heterocycles. The Labute approximate surface area is 230 Å². The number of carbonyl (C=O) groups excluding carboxylic acids is 3. The van der Waals surface area contributed by atoms with Gasteiger partial charge in [0, 0.05) is 29.6 Å². The first-order valence-electron chi connectivity index (χ1n) is 14.8. The van der Waals surface area contributed by atoms with E-state index in [0.29, 0.717) is 37.7 Å². The summed E-state index contributed by atoms with van der Waals surface area (Å²) in [5.41, 5.74) is 9.52. The average Bonchev–Trinajstić information content (AvgIpc) is 3.47. The molecule has 2 saturated heterocycles. The number of esters is 1. The Morgan fingerprint density at radius 1 is 1.05 bits per heavy atom. The summed E-state index contributed by atoms with van der Waals surface area (Å²) in [7, 11) is 0. The third kappa shape index (κ3) is 5.86. The molecule has 212 valence electrons. The van der Waals surface area contributed by atoms with Crippen molar-refractivity contribution >= 4 is 17.5 Å². The van der Waals surface area contributed by atoms with Crippen molar-refractivity contribution in [1.82, 2.24) is 0 Å². The van der Waals surface area contributed by atoms with E-state index in [0.717, 1.165) is 19.3 Å². The molecule has 0 aromatic carbocycles. The molecule has 9 heteroatoms. The summed E-state index contributed by atoms with van der Waals surface area (Å²) in [4.78, 5) is 42.4. The lowest BCUT2D eigenvalue weighted by Crippen LogP contribution is -2.41. The van der Waals surface area contributed by atoms with Crippen LogP contribution in [0.2, 0.25) is 0 Å². The van der Waals surface area contributed by atoms with Crippen LogP contribution in [0.4, 0.5) is 0 Å². The zero-order valence-corrected chi connectivity index (χ0v) is 23.2. The van der Waals surface area contributed by atoms with E-state index in [-0.39, 0.29) is 77.9 Å². The number of fused-ring (bicyclic) bond motifs is 5. The highest BCUT2D eigenvalue weighted by Crippen LogP contribution is 2.52. The van der Waals surface area contributed by atoms with Crippen LogP contribution >= 0.6 is 0 Å². The number of nitrogens with zero attached hydrogens (tertiary/aromatic N) is 3. The SMILES string of the molecule is CC[C@H]1CCC[C@H](OC2CC[C@H](N=[N+]=[N-])[C@@H](C)O2)[C@@H](C)C(=O)C2=C[C@@H]3[C@@H](C=C[C@@H]4CC(=O)C[C@@H]34)[C@@H]2CC(=O)O1. The quantitative estimate of drug-likeness (QED) is 0.150. The summed E-state index contributed by atoms with van der Waals surface area (Å²) in [5, 5.41) is 3.84. The molecule has 11 atom stereocenters. The summed E-state index contributed by atoms with van der Waals surface area (Å²) < 4.78 is 18.4. The number of carbonyl (C=O) groups is 3. The highest BCUT2D eigenvalue weighted by Gasteiger charge is 2.50. The minimum atomic E-state index is -0.470. The van der Waals surface area contributed by atoms with Crippen molar-refractivity contribution in [2.45, 2.75) is 109 Å². The molecule has 0 aromatic rings.